The highest BCUT2D eigenvalue weighted by molar-refractivity contribution is 8.00. The zero-order chi connectivity index (χ0) is 29.1. The molecule has 3 aromatic carbocycles. The van der Waals surface area contributed by atoms with E-state index in [1.54, 1.807) is 85.6 Å². The summed E-state index contributed by atoms with van der Waals surface area (Å²) in [7, 11) is 0.507. The third-order valence-corrected chi connectivity index (χ3v) is 9.53. The van der Waals surface area contributed by atoms with Crippen LogP contribution < -0.4 is 9.47 Å². The van der Waals surface area contributed by atoms with Crippen LogP contribution in [0.2, 0.25) is 0 Å². The topological polar surface area (TPSA) is 115 Å². The van der Waals surface area contributed by atoms with Gasteiger partial charge in [-0.05, 0) is 36.8 Å². The van der Waals surface area contributed by atoms with Gasteiger partial charge in [-0.15, -0.1) is 10.2 Å². The third kappa shape index (κ3) is 5.16. The second-order valence-electron chi connectivity index (χ2n) is 8.89. The Morgan fingerprint density at radius 1 is 0.951 bits per heavy atom. The van der Waals surface area contributed by atoms with E-state index < -0.39 is 21.2 Å². The first-order valence-electron chi connectivity index (χ1n) is 12.7. The van der Waals surface area contributed by atoms with Gasteiger partial charge in [0.05, 0.1) is 37.4 Å². The maximum absolute atomic E-state index is 13.8. The van der Waals surface area contributed by atoms with E-state index in [1.165, 1.54) is 22.8 Å². The number of hydrogen-bond donors (Lipinski definition) is 0. The molecule has 0 fully saturated rings. The minimum Gasteiger partial charge on any atom is -0.497 e. The summed E-state index contributed by atoms with van der Waals surface area (Å²) in [5.74, 6) is 1.03. The molecule has 0 spiro atoms. The van der Waals surface area contributed by atoms with Crippen LogP contribution >= 0.6 is 11.8 Å². The number of hydrogen-bond acceptors (Lipinski definition) is 9. The maximum Gasteiger partial charge on any atom is 0.319 e. The molecule has 0 aliphatic heterocycles. The fourth-order valence-electron chi connectivity index (χ4n) is 4.50. The molecule has 212 valence electrons. The van der Waals surface area contributed by atoms with Crippen molar-refractivity contribution in [2.24, 2.45) is 0 Å². The number of ether oxygens (including phenoxy) is 3. The highest BCUT2D eigenvalue weighted by Gasteiger charge is 2.29. The fraction of sp³-hybridized carbons (Fsp3) is 0.207. The lowest BCUT2D eigenvalue weighted by molar-refractivity contribution is -0.140. The van der Waals surface area contributed by atoms with Crippen molar-refractivity contribution < 1.29 is 27.4 Å². The number of carbonyl (C=O) groups is 1. The molecule has 0 aliphatic rings. The van der Waals surface area contributed by atoms with Gasteiger partial charge in [-0.2, -0.15) is 0 Å². The van der Waals surface area contributed by atoms with Crippen LogP contribution in [0.25, 0.3) is 28.0 Å². The first kappa shape index (κ1) is 28.2. The van der Waals surface area contributed by atoms with Crippen LogP contribution in [0.15, 0.2) is 89.0 Å². The maximum atomic E-state index is 13.8. The Kier molecular flexibility index (Phi) is 8.04. The zero-order valence-corrected chi connectivity index (χ0v) is 24.5. The number of carbonyl (C=O) groups excluding carboxylic acids is 1. The molecule has 10 nitrogen and oxygen atoms in total. The van der Waals surface area contributed by atoms with Gasteiger partial charge in [-0.3, -0.25) is 9.36 Å². The van der Waals surface area contributed by atoms with Crippen LogP contribution in [-0.4, -0.2) is 59.7 Å². The highest BCUT2D eigenvalue weighted by atomic mass is 32.2. The molecule has 0 aliphatic carbocycles. The molecule has 41 heavy (non-hydrogen) atoms. The summed E-state index contributed by atoms with van der Waals surface area (Å²) >= 11 is 1.20. The van der Waals surface area contributed by atoms with Gasteiger partial charge in [0.25, 0.3) is 10.0 Å². The number of rotatable bonds is 10. The van der Waals surface area contributed by atoms with Gasteiger partial charge in [-0.25, -0.2) is 12.4 Å². The molecule has 1 atom stereocenters. The summed E-state index contributed by atoms with van der Waals surface area (Å²) in [6, 6.07) is 20.7. The minimum atomic E-state index is -3.94. The number of thioether (sulfide) groups is 1. The zero-order valence-electron chi connectivity index (χ0n) is 22.8. The molecular weight excluding hydrogens is 564 g/mol. The van der Waals surface area contributed by atoms with Crippen LogP contribution in [-0.2, 0) is 19.6 Å². The Bertz CT molecular complexity index is 1820. The van der Waals surface area contributed by atoms with Gasteiger partial charge in [-0.1, -0.05) is 55.1 Å². The van der Waals surface area contributed by atoms with E-state index in [0.29, 0.717) is 51.1 Å². The number of methoxy groups -OCH3 is 3. The number of fused-ring (bicyclic) bond motifs is 1. The quantitative estimate of drug-likeness (QED) is 0.160. The van der Waals surface area contributed by atoms with Crippen molar-refractivity contribution in [3.05, 3.63) is 79.0 Å². The third-order valence-electron chi connectivity index (χ3n) is 6.56. The van der Waals surface area contributed by atoms with Crippen LogP contribution in [0.1, 0.15) is 13.3 Å². The number of nitrogens with zero attached hydrogens (tertiary/aromatic N) is 4. The Hall–Kier alpha value is -4.29. The molecular formula is C29H28N4O6S2. The van der Waals surface area contributed by atoms with E-state index in [9.17, 15) is 13.2 Å². The molecule has 0 N–H and O–H groups in total. The van der Waals surface area contributed by atoms with Crippen LogP contribution in [0, 0.1) is 0 Å². The monoisotopic (exact) mass is 592 g/mol. The van der Waals surface area contributed by atoms with Crippen molar-refractivity contribution in [3.63, 3.8) is 0 Å². The molecule has 2 aromatic heterocycles. The predicted octanol–water partition coefficient (Wildman–Crippen LogP) is 5.19. The van der Waals surface area contributed by atoms with Gasteiger partial charge in [0.2, 0.25) is 0 Å². The van der Waals surface area contributed by atoms with E-state index in [4.69, 9.17) is 14.2 Å². The van der Waals surface area contributed by atoms with Crippen molar-refractivity contribution in [3.8, 4) is 28.6 Å². The standard InChI is InChI=1S/C29H28N4O6S2/c1-5-26(28(34)39-4)40-29-31-30-27(33(29)24-17-19(37-2)15-16-25(24)38-3)22-18-32(23-14-10-9-13-21(22)23)41(35,36)20-11-7-6-8-12-20/h6-18,26H,5H2,1-4H3. The SMILES string of the molecule is CCC(Sc1nnc(-c2cn(S(=O)(=O)c3ccccc3)c3ccccc23)n1-c1cc(OC)ccc1OC)C(=O)OC. The molecule has 0 saturated carbocycles. The average Bonchev–Trinajstić information content (AvgIpc) is 3.61. The van der Waals surface area contributed by atoms with Gasteiger partial charge in [0.1, 0.15) is 16.7 Å². The smallest absolute Gasteiger partial charge is 0.319 e. The van der Waals surface area contributed by atoms with Crippen molar-refractivity contribution >= 4 is 38.7 Å². The Labute approximate surface area is 241 Å². The van der Waals surface area contributed by atoms with Gasteiger partial charge >= 0.3 is 5.97 Å². The van der Waals surface area contributed by atoms with E-state index in [2.05, 4.69) is 10.2 Å². The molecule has 0 amide bonds. The van der Waals surface area contributed by atoms with E-state index in [0.717, 1.165) is 0 Å². The lowest BCUT2D eigenvalue weighted by Crippen LogP contribution is -2.18. The molecule has 1 unspecified atom stereocenters. The Balaban J connectivity index is 1.79. The van der Waals surface area contributed by atoms with Crippen molar-refractivity contribution in [1.29, 1.82) is 0 Å². The lowest BCUT2D eigenvalue weighted by Gasteiger charge is -2.17. The van der Waals surface area contributed by atoms with Crippen LogP contribution in [0.4, 0.5) is 0 Å². The molecule has 0 saturated heterocycles. The first-order chi connectivity index (χ1) is 19.8. The summed E-state index contributed by atoms with van der Waals surface area (Å²) in [6.07, 6.45) is 2.04. The number of aromatic nitrogens is 4. The van der Waals surface area contributed by atoms with Gasteiger partial charge < -0.3 is 14.2 Å². The molecule has 5 rings (SSSR count). The van der Waals surface area contributed by atoms with E-state index in [-0.39, 0.29) is 4.90 Å². The molecule has 12 heteroatoms. The normalized spacial score (nSPS) is 12.3. The first-order valence-corrected chi connectivity index (χ1v) is 15.0. The van der Waals surface area contributed by atoms with Crippen molar-refractivity contribution in [2.75, 3.05) is 21.3 Å². The number of para-hydroxylation sites is 1. The highest BCUT2D eigenvalue weighted by Crippen LogP contribution is 2.39. The Morgan fingerprint density at radius 2 is 1.68 bits per heavy atom. The Morgan fingerprint density at radius 3 is 2.37 bits per heavy atom. The summed E-state index contributed by atoms with van der Waals surface area (Å²) in [4.78, 5) is 12.7. The largest absolute Gasteiger partial charge is 0.497 e. The molecule has 0 radical (unpaired) electrons. The molecule has 2 heterocycles. The summed E-state index contributed by atoms with van der Waals surface area (Å²) in [5.41, 5.74) is 1.56. The van der Waals surface area contributed by atoms with Crippen LogP contribution in [0.3, 0.4) is 0 Å². The molecule has 5 aromatic rings. The fourth-order valence-corrected chi connectivity index (χ4v) is 6.88. The average molecular weight is 593 g/mol. The second kappa shape index (κ2) is 11.7. The van der Waals surface area contributed by atoms with E-state index >= 15 is 0 Å². The second-order valence-corrected chi connectivity index (χ2v) is 11.9. The molecule has 0 bridgehead atoms. The minimum absolute atomic E-state index is 0.156. The number of benzene rings is 3. The lowest BCUT2D eigenvalue weighted by atomic mass is 10.1. The number of esters is 1. The van der Waals surface area contributed by atoms with Gasteiger partial charge in [0.15, 0.2) is 11.0 Å². The predicted molar refractivity (Wildman–Crippen MR) is 156 cm³/mol. The summed E-state index contributed by atoms with van der Waals surface area (Å²) < 4.78 is 46.7. The summed E-state index contributed by atoms with van der Waals surface area (Å²) in [6.45, 7) is 1.88. The van der Waals surface area contributed by atoms with E-state index in [1.807, 2.05) is 19.1 Å². The van der Waals surface area contributed by atoms with Crippen LogP contribution in [0.5, 0.6) is 11.5 Å². The van der Waals surface area contributed by atoms with Crippen molar-refractivity contribution in [2.45, 2.75) is 28.6 Å². The van der Waals surface area contributed by atoms with Gasteiger partial charge in [0, 0.05) is 23.2 Å². The summed E-state index contributed by atoms with van der Waals surface area (Å²) in [5, 5.41) is 9.47. The van der Waals surface area contributed by atoms with Crippen molar-refractivity contribution in [1.82, 2.24) is 18.7 Å².